The highest BCUT2D eigenvalue weighted by molar-refractivity contribution is 5.73. The van der Waals surface area contributed by atoms with Crippen LogP contribution in [0.4, 0.5) is 0 Å². The molecule has 0 aliphatic carbocycles. The highest BCUT2D eigenvalue weighted by Gasteiger charge is 2.45. The third-order valence-corrected chi connectivity index (χ3v) is 2.67. The van der Waals surface area contributed by atoms with Crippen molar-refractivity contribution < 1.29 is 29.2 Å². The number of nitrogens with one attached hydrogen (secondary N) is 1. The van der Waals surface area contributed by atoms with Gasteiger partial charge in [-0.2, -0.15) is 0 Å². The fourth-order valence-corrected chi connectivity index (χ4v) is 1.91. The highest BCUT2D eigenvalue weighted by Crippen LogP contribution is 2.22. The number of aliphatic hydroxyl groups excluding tert-OH is 2. The molecule has 5 atom stereocenters. The van der Waals surface area contributed by atoms with Crippen LogP contribution in [-0.2, 0) is 19.0 Å². The van der Waals surface area contributed by atoms with Crippen molar-refractivity contribution in [2.24, 2.45) is 0 Å². The topological polar surface area (TPSA) is 97.2 Å². The summed E-state index contributed by atoms with van der Waals surface area (Å²) in [5.74, 6) is -0.336. The second-order valence-electron chi connectivity index (χ2n) is 3.94. The first kappa shape index (κ1) is 14.3. The van der Waals surface area contributed by atoms with Gasteiger partial charge in [-0.25, -0.2) is 0 Å². The number of carbonyl (C=O) groups excluding carboxylic acids is 1. The number of amides is 1. The van der Waals surface area contributed by atoms with Crippen LogP contribution in [0.1, 0.15) is 6.92 Å². The molecule has 1 amide bonds. The quantitative estimate of drug-likeness (QED) is 0.545. The van der Waals surface area contributed by atoms with E-state index in [0.29, 0.717) is 0 Å². The Balaban J connectivity index is 2.76. The molecule has 0 saturated carbocycles. The Labute approximate surface area is 99.7 Å². The Kier molecular flexibility index (Phi) is 5.29. The number of methoxy groups -OCH3 is 2. The maximum Gasteiger partial charge on any atom is 0.217 e. The molecule has 7 nitrogen and oxygen atoms in total. The van der Waals surface area contributed by atoms with Crippen molar-refractivity contribution in [1.29, 1.82) is 0 Å². The fourth-order valence-electron chi connectivity index (χ4n) is 1.91. The molecule has 17 heavy (non-hydrogen) atoms. The lowest BCUT2D eigenvalue weighted by molar-refractivity contribution is -0.259. The average molecular weight is 249 g/mol. The predicted octanol–water partition coefficient (Wildman–Crippen LogP) is -1.77. The Hall–Kier alpha value is -0.730. The molecule has 0 aromatic heterocycles. The van der Waals surface area contributed by atoms with Crippen LogP contribution >= 0.6 is 0 Å². The van der Waals surface area contributed by atoms with Crippen molar-refractivity contribution in [3.05, 3.63) is 0 Å². The molecule has 100 valence electrons. The van der Waals surface area contributed by atoms with Crippen LogP contribution in [-0.4, -0.2) is 67.6 Å². The second kappa shape index (κ2) is 6.27. The lowest BCUT2D eigenvalue weighted by Gasteiger charge is -2.42. The molecule has 0 aromatic rings. The molecule has 0 unspecified atom stereocenters. The van der Waals surface area contributed by atoms with Crippen molar-refractivity contribution >= 4 is 5.91 Å². The van der Waals surface area contributed by atoms with E-state index in [0.717, 1.165) is 0 Å². The van der Waals surface area contributed by atoms with E-state index in [1.807, 2.05) is 0 Å². The van der Waals surface area contributed by atoms with Crippen LogP contribution in [0.25, 0.3) is 0 Å². The monoisotopic (exact) mass is 249 g/mol. The molecule has 0 radical (unpaired) electrons. The standard InChI is InChI=1S/C10H19NO6/c1-5(12)11-7-9(16-3)8(13)6(4-15-2)17-10(7)14/h6-10,13-14H,4H2,1-3H3,(H,11,12)/t6-,7-,8+,9-,10-/m0/s1. The molecule has 1 rings (SSSR count). The minimum absolute atomic E-state index is 0.130. The first-order valence-electron chi connectivity index (χ1n) is 5.31. The van der Waals surface area contributed by atoms with Crippen molar-refractivity contribution in [1.82, 2.24) is 5.32 Å². The fraction of sp³-hybridized carbons (Fsp3) is 0.900. The summed E-state index contributed by atoms with van der Waals surface area (Å²) >= 11 is 0. The van der Waals surface area contributed by atoms with Gasteiger partial charge in [0.05, 0.1) is 6.61 Å². The third-order valence-electron chi connectivity index (χ3n) is 2.67. The lowest BCUT2D eigenvalue weighted by Crippen LogP contribution is -2.64. The molecule has 7 heteroatoms. The molecular formula is C10H19NO6. The molecule has 0 bridgehead atoms. The summed E-state index contributed by atoms with van der Waals surface area (Å²) in [6.45, 7) is 1.44. The maximum absolute atomic E-state index is 11.0. The highest BCUT2D eigenvalue weighted by atomic mass is 16.6. The Bertz CT molecular complexity index is 261. The van der Waals surface area contributed by atoms with Gasteiger partial charge in [0.1, 0.15) is 24.4 Å². The molecule has 3 N–H and O–H groups in total. The Morgan fingerprint density at radius 3 is 2.53 bits per heavy atom. The SMILES string of the molecule is COC[C@@H]1O[C@H](O)[C@@H](NC(C)=O)[C@H](OC)[C@@H]1O. The largest absolute Gasteiger partial charge is 0.388 e. The van der Waals surface area contributed by atoms with E-state index in [4.69, 9.17) is 14.2 Å². The van der Waals surface area contributed by atoms with Crippen molar-refractivity contribution in [2.75, 3.05) is 20.8 Å². The normalized spacial score (nSPS) is 37.8. The van der Waals surface area contributed by atoms with Crippen LogP contribution in [0.15, 0.2) is 0 Å². The molecule has 0 spiro atoms. The van der Waals surface area contributed by atoms with E-state index in [1.165, 1.54) is 21.1 Å². The number of rotatable bonds is 4. The van der Waals surface area contributed by atoms with Gasteiger partial charge in [0.15, 0.2) is 6.29 Å². The van der Waals surface area contributed by atoms with E-state index >= 15 is 0 Å². The van der Waals surface area contributed by atoms with Gasteiger partial charge < -0.3 is 29.7 Å². The zero-order valence-electron chi connectivity index (χ0n) is 10.1. The number of carbonyl (C=O) groups is 1. The van der Waals surface area contributed by atoms with E-state index in [9.17, 15) is 15.0 Å². The van der Waals surface area contributed by atoms with E-state index in [2.05, 4.69) is 5.32 Å². The number of hydrogen-bond acceptors (Lipinski definition) is 6. The summed E-state index contributed by atoms with van der Waals surface area (Å²) in [5, 5.41) is 22.2. The molecule has 0 aromatic carbocycles. The molecular weight excluding hydrogens is 230 g/mol. The van der Waals surface area contributed by atoms with Crippen molar-refractivity contribution in [3.63, 3.8) is 0 Å². The smallest absolute Gasteiger partial charge is 0.217 e. The predicted molar refractivity (Wildman–Crippen MR) is 57.2 cm³/mol. The minimum Gasteiger partial charge on any atom is -0.388 e. The molecule has 1 aliphatic heterocycles. The van der Waals surface area contributed by atoms with Gasteiger partial charge in [0, 0.05) is 21.1 Å². The van der Waals surface area contributed by atoms with Gasteiger partial charge in [-0.15, -0.1) is 0 Å². The van der Waals surface area contributed by atoms with Gasteiger partial charge in [-0.05, 0) is 0 Å². The lowest BCUT2D eigenvalue weighted by atomic mass is 9.97. The Morgan fingerprint density at radius 1 is 1.41 bits per heavy atom. The van der Waals surface area contributed by atoms with Crippen molar-refractivity contribution in [3.8, 4) is 0 Å². The number of ether oxygens (including phenoxy) is 3. The first-order valence-corrected chi connectivity index (χ1v) is 5.31. The van der Waals surface area contributed by atoms with Crippen LogP contribution < -0.4 is 5.32 Å². The zero-order chi connectivity index (χ0) is 13.0. The van der Waals surface area contributed by atoms with Crippen LogP contribution in [0.2, 0.25) is 0 Å². The summed E-state index contributed by atoms with van der Waals surface area (Å²) in [6.07, 6.45) is -3.67. The minimum atomic E-state index is -1.24. The average Bonchev–Trinajstić information content (AvgIpc) is 2.25. The zero-order valence-corrected chi connectivity index (χ0v) is 10.1. The summed E-state index contributed by atoms with van der Waals surface area (Å²) < 4.78 is 15.1. The second-order valence-corrected chi connectivity index (χ2v) is 3.94. The van der Waals surface area contributed by atoms with E-state index < -0.39 is 30.6 Å². The van der Waals surface area contributed by atoms with Crippen molar-refractivity contribution in [2.45, 2.75) is 37.6 Å². The van der Waals surface area contributed by atoms with Gasteiger partial charge in [0.2, 0.25) is 5.91 Å². The van der Waals surface area contributed by atoms with Crippen LogP contribution in [0.3, 0.4) is 0 Å². The van der Waals surface area contributed by atoms with Gasteiger partial charge >= 0.3 is 0 Å². The van der Waals surface area contributed by atoms with Gasteiger partial charge in [-0.1, -0.05) is 0 Å². The van der Waals surface area contributed by atoms with Gasteiger partial charge in [-0.3, -0.25) is 4.79 Å². The number of hydrogen-bond donors (Lipinski definition) is 3. The molecule has 1 fully saturated rings. The Morgan fingerprint density at radius 2 is 2.06 bits per heavy atom. The van der Waals surface area contributed by atoms with Gasteiger partial charge in [0.25, 0.3) is 0 Å². The molecule has 1 aliphatic rings. The first-order chi connectivity index (χ1) is 8.01. The van der Waals surface area contributed by atoms with Crippen LogP contribution in [0.5, 0.6) is 0 Å². The van der Waals surface area contributed by atoms with Crippen LogP contribution in [0, 0.1) is 0 Å². The van der Waals surface area contributed by atoms with E-state index in [1.54, 1.807) is 0 Å². The summed E-state index contributed by atoms with van der Waals surface area (Å²) in [5.41, 5.74) is 0. The number of aliphatic hydroxyl groups is 2. The molecule has 1 saturated heterocycles. The summed E-state index contributed by atoms with van der Waals surface area (Å²) in [7, 11) is 2.86. The molecule has 1 heterocycles. The van der Waals surface area contributed by atoms with E-state index in [-0.39, 0.29) is 12.5 Å². The summed E-state index contributed by atoms with van der Waals surface area (Å²) in [6, 6.07) is -0.805. The summed E-state index contributed by atoms with van der Waals surface area (Å²) in [4.78, 5) is 11.0. The third kappa shape index (κ3) is 3.36. The maximum atomic E-state index is 11.0.